The summed E-state index contributed by atoms with van der Waals surface area (Å²) >= 11 is 0. The summed E-state index contributed by atoms with van der Waals surface area (Å²) in [5, 5.41) is 0. The molecule has 1 aromatic heterocycles. The molecule has 0 spiro atoms. The summed E-state index contributed by atoms with van der Waals surface area (Å²) in [5.41, 5.74) is 14.5. The van der Waals surface area contributed by atoms with Crippen molar-refractivity contribution in [2.45, 2.75) is 46.6 Å². The lowest BCUT2D eigenvalue weighted by atomic mass is 9.89. The first-order valence-corrected chi connectivity index (χ1v) is 10.6. The summed E-state index contributed by atoms with van der Waals surface area (Å²) in [6.07, 6.45) is 1.51. The molecule has 0 radical (unpaired) electrons. The van der Waals surface area contributed by atoms with Crippen LogP contribution >= 0.6 is 0 Å². The fourth-order valence-electron chi connectivity index (χ4n) is 4.89. The number of nitrogens with two attached hydrogens (primary N) is 1. The maximum Gasteiger partial charge on any atom is 0.349 e. The van der Waals surface area contributed by atoms with Crippen molar-refractivity contribution in [1.29, 1.82) is 0 Å². The molecule has 2 heterocycles. The molecular weight excluding hydrogens is 390 g/mol. The number of nitrogen functional groups attached to an aromatic ring is 1. The quantitative estimate of drug-likeness (QED) is 0.668. The predicted molar refractivity (Wildman–Crippen MR) is 124 cm³/mol. The van der Waals surface area contributed by atoms with Crippen molar-refractivity contribution in [3.05, 3.63) is 57.0 Å². The highest BCUT2D eigenvalue weighted by Crippen LogP contribution is 2.45. The Kier molecular flexibility index (Phi) is 5.25. The summed E-state index contributed by atoms with van der Waals surface area (Å²) in [5.74, 6) is 1.28. The number of anilines is 1. The van der Waals surface area contributed by atoms with Crippen LogP contribution in [0.3, 0.4) is 0 Å². The monoisotopic (exact) mass is 419 g/mol. The van der Waals surface area contributed by atoms with Crippen molar-refractivity contribution in [1.82, 2.24) is 9.55 Å². The molecule has 0 saturated heterocycles. The highest BCUT2D eigenvalue weighted by molar-refractivity contribution is 5.89. The topological polar surface area (TPSA) is 79.4 Å². The molecule has 0 bridgehead atoms. The smallest absolute Gasteiger partial charge is 0.349 e. The van der Waals surface area contributed by atoms with Gasteiger partial charge in [0.05, 0.1) is 25.6 Å². The van der Waals surface area contributed by atoms with Gasteiger partial charge >= 0.3 is 5.69 Å². The van der Waals surface area contributed by atoms with Crippen molar-refractivity contribution < 1.29 is 9.47 Å². The molecule has 6 heteroatoms. The van der Waals surface area contributed by atoms with Gasteiger partial charge in [0.25, 0.3) is 0 Å². The predicted octanol–water partition coefficient (Wildman–Crippen LogP) is 4.61. The summed E-state index contributed by atoms with van der Waals surface area (Å²) < 4.78 is 12.8. The van der Waals surface area contributed by atoms with Gasteiger partial charge in [0, 0.05) is 17.2 Å². The number of nitrogens with zero attached hydrogens (tertiary/aromatic N) is 2. The van der Waals surface area contributed by atoms with E-state index < -0.39 is 0 Å². The van der Waals surface area contributed by atoms with Gasteiger partial charge in [-0.25, -0.2) is 4.79 Å². The number of rotatable bonds is 4. The molecule has 1 aliphatic heterocycles. The summed E-state index contributed by atoms with van der Waals surface area (Å²) in [7, 11) is 3.23. The zero-order valence-corrected chi connectivity index (χ0v) is 19.0. The van der Waals surface area contributed by atoms with E-state index in [0.29, 0.717) is 35.0 Å². The standard InChI is InChI=1S/C25H29N3O3/c1-7-17-10-16-11-19(30-5)20(31-6)12-18(16)24-22(26)23(27-25(29)28(17)24)21-14(3)8-13(2)9-15(21)4/h8-9,11-12,17H,7,10,26H2,1-6H3/t17-/m0/s1. The Morgan fingerprint density at radius 2 is 1.68 bits per heavy atom. The van der Waals surface area contributed by atoms with Crippen LogP contribution in [0, 0.1) is 20.8 Å². The van der Waals surface area contributed by atoms with Crippen LogP contribution in [0.1, 0.15) is 41.6 Å². The van der Waals surface area contributed by atoms with Crippen LogP contribution in [-0.2, 0) is 6.42 Å². The molecule has 0 amide bonds. The molecule has 0 aliphatic carbocycles. The van der Waals surface area contributed by atoms with Gasteiger partial charge in [-0.1, -0.05) is 24.6 Å². The van der Waals surface area contributed by atoms with E-state index in [4.69, 9.17) is 15.2 Å². The normalized spacial score (nSPS) is 14.7. The second-order valence-corrected chi connectivity index (χ2v) is 8.28. The van der Waals surface area contributed by atoms with Gasteiger partial charge in [-0.15, -0.1) is 0 Å². The molecule has 1 atom stereocenters. The highest BCUT2D eigenvalue weighted by Gasteiger charge is 2.30. The fraction of sp³-hybridized carbons (Fsp3) is 0.360. The number of ether oxygens (including phenoxy) is 2. The number of fused-ring (bicyclic) bond motifs is 3. The highest BCUT2D eigenvalue weighted by atomic mass is 16.5. The lowest BCUT2D eigenvalue weighted by Gasteiger charge is -2.31. The van der Waals surface area contributed by atoms with E-state index in [-0.39, 0.29) is 11.7 Å². The number of hydrogen-bond acceptors (Lipinski definition) is 5. The van der Waals surface area contributed by atoms with Crippen molar-refractivity contribution in [3.8, 4) is 34.0 Å². The molecule has 0 fully saturated rings. The van der Waals surface area contributed by atoms with E-state index in [0.717, 1.165) is 34.2 Å². The van der Waals surface area contributed by atoms with Crippen molar-refractivity contribution in [3.63, 3.8) is 0 Å². The Hall–Kier alpha value is -3.28. The first-order chi connectivity index (χ1) is 14.8. The minimum atomic E-state index is -0.272. The molecule has 1 aliphatic rings. The van der Waals surface area contributed by atoms with E-state index in [1.807, 2.05) is 26.0 Å². The molecule has 0 saturated carbocycles. The number of methoxy groups -OCH3 is 2. The molecule has 162 valence electrons. The summed E-state index contributed by atoms with van der Waals surface area (Å²) in [6, 6.07) is 8.08. The maximum absolute atomic E-state index is 13.3. The molecule has 6 nitrogen and oxygen atoms in total. The van der Waals surface area contributed by atoms with Gasteiger partial charge in [0.15, 0.2) is 11.5 Å². The van der Waals surface area contributed by atoms with Gasteiger partial charge in [0.1, 0.15) is 5.69 Å². The van der Waals surface area contributed by atoms with Crippen molar-refractivity contribution in [2.75, 3.05) is 20.0 Å². The Labute approximate surface area is 182 Å². The van der Waals surface area contributed by atoms with Crippen LogP contribution in [0.2, 0.25) is 0 Å². The van der Waals surface area contributed by atoms with E-state index >= 15 is 0 Å². The largest absolute Gasteiger partial charge is 0.493 e. The lowest BCUT2D eigenvalue weighted by Crippen LogP contribution is -2.33. The third kappa shape index (κ3) is 3.26. The van der Waals surface area contributed by atoms with Crippen molar-refractivity contribution >= 4 is 5.69 Å². The molecule has 31 heavy (non-hydrogen) atoms. The van der Waals surface area contributed by atoms with E-state index in [2.05, 4.69) is 31.0 Å². The van der Waals surface area contributed by atoms with Crippen LogP contribution in [0.25, 0.3) is 22.5 Å². The Bertz CT molecular complexity index is 1220. The van der Waals surface area contributed by atoms with Crippen molar-refractivity contribution in [2.24, 2.45) is 0 Å². The Morgan fingerprint density at radius 1 is 1.06 bits per heavy atom. The van der Waals surface area contributed by atoms with Gasteiger partial charge in [-0.05, 0) is 62.4 Å². The van der Waals surface area contributed by atoms with Gasteiger partial charge < -0.3 is 15.2 Å². The second kappa shape index (κ2) is 7.76. The average molecular weight is 420 g/mol. The molecule has 2 N–H and O–H groups in total. The number of hydrogen-bond donors (Lipinski definition) is 1. The number of aryl methyl sites for hydroxylation is 3. The zero-order chi connectivity index (χ0) is 22.4. The Balaban J connectivity index is 2.09. The Morgan fingerprint density at radius 3 is 2.26 bits per heavy atom. The fourth-order valence-corrected chi connectivity index (χ4v) is 4.89. The first kappa shape index (κ1) is 21.0. The van der Waals surface area contributed by atoms with E-state index in [9.17, 15) is 4.79 Å². The lowest BCUT2D eigenvalue weighted by molar-refractivity contribution is 0.353. The third-order valence-corrected chi connectivity index (χ3v) is 6.23. The summed E-state index contributed by atoms with van der Waals surface area (Å²) in [6.45, 7) is 8.20. The van der Waals surface area contributed by atoms with Crippen LogP contribution < -0.4 is 20.9 Å². The average Bonchev–Trinajstić information content (AvgIpc) is 2.73. The van der Waals surface area contributed by atoms with E-state index in [1.54, 1.807) is 18.8 Å². The van der Waals surface area contributed by atoms with Crippen LogP contribution in [-0.4, -0.2) is 23.8 Å². The molecule has 0 unspecified atom stereocenters. The third-order valence-electron chi connectivity index (χ3n) is 6.23. The first-order valence-electron chi connectivity index (χ1n) is 10.6. The van der Waals surface area contributed by atoms with Crippen LogP contribution in [0.15, 0.2) is 29.1 Å². The minimum absolute atomic E-state index is 0.0165. The number of aromatic nitrogens is 2. The number of benzene rings is 2. The SMILES string of the molecule is CC[C@H]1Cc2cc(OC)c(OC)cc2-c2c(N)c(-c3c(C)cc(C)cc3C)nc(=O)n21. The molecule has 3 aromatic rings. The second-order valence-electron chi connectivity index (χ2n) is 8.28. The maximum atomic E-state index is 13.3. The molecular formula is C25H29N3O3. The van der Waals surface area contributed by atoms with Gasteiger partial charge in [-0.2, -0.15) is 4.98 Å². The summed E-state index contributed by atoms with van der Waals surface area (Å²) in [4.78, 5) is 17.8. The van der Waals surface area contributed by atoms with Gasteiger partial charge in [0.2, 0.25) is 0 Å². The van der Waals surface area contributed by atoms with Crippen LogP contribution in [0.5, 0.6) is 11.5 Å². The van der Waals surface area contributed by atoms with Gasteiger partial charge in [-0.3, -0.25) is 4.57 Å². The molecule has 4 rings (SSSR count). The van der Waals surface area contributed by atoms with E-state index in [1.165, 1.54) is 5.56 Å². The van der Waals surface area contributed by atoms with Crippen LogP contribution in [0.4, 0.5) is 5.69 Å². The zero-order valence-electron chi connectivity index (χ0n) is 19.0. The molecule has 2 aromatic carbocycles. The minimum Gasteiger partial charge on any atom is -0.493 e.